The van der Waals surface area contributed by atoms with Gasteiger partial charge in [0, 0.05) is 19.2 Å². The molecule has 5 rings (SSSR count). The van der Waals surface area contributed by atoms with E-state index in [0.29, 0.717) is 12.5 Å². The van der Waals surface area contributed by atoms with Crippen molar-refractivity contribution in [1.29, 1.82) is 0 Å². The third kappa shape index (κ3) is 6.35. The van der Waals surface area contributed by atoms with Crippen LogP contribution in [0.3, 0.4) is 0 Å². The minimum absolute atomic E-state index is 0.0356. The summed E-state index contributed by atoms with van der Waals surface area (Å²) in [7, 11) is 0. The van der Waals surface area contributed by atoms with Crippen LogP contribution in [0.1, 0.15) is 43.2 Å². The maximum absolute atomic E-state index is 13.4. The summed E-state index contributed by atoms with van der Waals surface area (Å²) >= 11 is 0. The molecule has 1 aromatic heterocycles. The molecule has 2 heterocycles. The average molecular weight is 500 g/mol. The minimum Gasteiger partial charge on any atom is -0.356 e. The molecule has 7 heteroatoms. The molecule has 1 aliphatic heterocycles. The first-order valence-electron chi connectivity index (χ1n) is 13.1. The fourth-order valence-electron chi connectivity index (χ4n) is 5.21. The van der Waals surface area contributed by atoms with Crippen molar-refractivity contribution in [3.63, 3.8) is 0 Å². The lowest BCUT2D eigenvalue weighted by Crippen LogP contribution is -2.34. The number of fused-ring (bicyclic) bond motifs is 1. The molecule has 1 amide bonds. The van der Waals surface area contributed by atoms with Gasteiger partial charge in [0.1, 0.15) is 5.82 Å². The molecule has 0 atom stereocenters. The Morgan fingerprint density at radius 2 is 1.81 bits per heavy atom. The molecule has 2 N–H and O–H groups in total. The van der Waals surface area contributed by atoms with Crippen molar-refractivity contribution in [3.05, 3.63) is 89.7 Å². The van der Waals surface area contributed by atoms with Crippen molar-refractivity contribution in [1.82, 2.24) is 14.5 Å². The van der Waals surface area contributed by atoms with Gasteiger partial charge in [-0.3, -0.25) is 4.79 Å². The summed E-state index contributed by atoms with van der Waals surface area (Å²) in [6.45, 7) is 6.23. The number of nitrogens with zero attached hydrogens (tertiary/aromatic N) is 3. The Morgan fingerprint density at radius 1 is 1.03 bits per heavy atom. The van der Waals surface area contributed by atoms with Gasteiger partial charge in [0.2, 0.25) is 11.9 Å². The van der Waals surface area contributed by atoms with Gasteiger partial charge < -0.3 is 20.1 Å². The van der Waals surface area contributed by atoms with Gasteiger partial charge in [-0.2, -0.15) is 0 Å². The smallest absolute Gasteiger partial charge is 0.221 e. The molecule has 0 spiro atoms. The Labute approximate surface area is 217 Å². The predicted molar refractivity (Wildman–Crippen MR) is 148 cm³/mol. The van der Waals surface area contributed by atoms with Crippen LogP contribution in [0.15, 0.2) is 72.8 Å². The number of carbonyl (C=O) groups excluding carboxylic acids is 1. The number of hydrogen-bond acceptors (Lipinski definition) is 4. The number of imidazole rings is 1. The Hall–Kier alpha value is -3.71. The molecular formula is C30H34FN5O. The quantitative estimate of drug-likeness (QED) is 0.283. The van der Waals surface area contributed by atoms with Crippen LogP contribution >= 0.6 is 0 Å². The number of carbonyl (C=O) groups is 1. The second-order valence-electron chi connectivity index (χ2n) is 9.84. The normalized spacial score (nSPS) is 14.6. The van der Waals surface area contributed by atoms with Crippen molar-refractivity contribution < 1.29 is 9.18 Å². The zero-order valence-corrected chi connectivity index (χ0v) is 21.3. The van der Waals surface area contributed by atoms with E-state index in [-0.39, 0.29) is 11.7 Å². The number of hydrogen-bond donors (Lipinski definition) is 2. The zero-order chi connectivity index (χ0) is 25.6. The van der Waals surface area contributed by atoms with E-state index in [4.69, 9.17) is 4.98 Å². The van der Waals surface area contributed by atoms with Gasteiger partial charge in [-0.1, -0.05) is 36.4 Å². The van der Waals surface area contributed by atoms with Crippen LogP contribution in [0, 0.1) is 5.82 Å². The molecule has 1 aliphatic rings. The topological polar surface area (TPSA) is 62.2 Å². The highest BCUT2D eigenvalue weighted by molar-refractivity contribution is 5.88. The van der Waals surface area contributed by atoms with E-state index in [1.165, 1.54) is 17.7 Å². The molecule has 0 radical (unpaired) electrons. The van der Waals surface area contributed by atoms with Crippen LogP contribution in [0.5, 0.6) is 0 Å². The molecule has 37 heavy (non-hydrogen) atoms. The second-order valence-corrected chi connectivity index (χ2v) is 9.84. The van der Waals surface area contributed by atoms with Crippen LogP contribution in [0.4, 0.5) is 16.0 Å². The van der Waals surface area contributed by atoms with E-state index in [9.17, 15) is 9.18 Å². The van der Waals surface area contributed by atoms with Crippen molar-refractivity contribution in [2.45, 2.75) is 38.6 Å². The summed E-state index contributed by atoms with van der Waals surface area (Å²) in [5, 5.41) is 6.44. The lowest BCUT2D eigenvalue weighted by Gasteiger charge is -2.32. The number of piperidine rings is 1. The fraction of sp³-hybridized carbons (Fsp3) is 0.333. The Bertz CT molecular complexity index is 1340. The van der Waals surface area contributed by atoms with Gasteiger partial charge >= 0.3 is 0 Å². The molecule has 3 aromatic carbocycles. The van der Waals surface area contributed by atoms with Crippen molar-refractivity contribution in [3.8, 4) is 0 Å². The van der Waals surface area contributed by atoms with Gasteiger partial charge in [-0.15, -0.1) is 0 Å². The summed E-state index contributed by atoms with van der Waals surface area (Å²) in [5.41, 5.74) is 5.25. The number of anilines is 2. The van der Waals surface area contributed by atoms with Gasteiger partial charge in [-0.05, 0) is 92.3 Å². The number of rotatable bonds is 9. The van der Waals surface area contributed by atoms with E-state index >= 15 is 0 Å². The predicted octanol–water partition coefficient (Wildman–Crippen LogP) is 5.86. The molecule has 0 aliphatic carbocycles. The van der Waals surface area contributed by atoms with Crippen LogP contribution in [0.25, 0.3) is 11.0 Å². The average Bonchev–Trinajstić information content (AvgIpc) is 3.25. The second kappa shape index (κ2) is 11.6. The van der Waals surface area contributed by atoms with Gasteiger partial charge in [0.05, 0.1) is 17.6 Å². The molecule has 192 valence electrons. The molecule has 4 aromatic rings. The van der Waals surface area contributed by atoms with Gasteiger partial charge in [-0.25, -0.2) is 9.37 Å². The summed E-state index contributed by atoms with van der Waals surface area (Å²) in [5.74, 6) is 1.13. The lowest BCUT2D eigenvalue weighted by atomic mass is 9.89. The SMILES string of the molecule is CC(=O)Nc1cccc(C2CCN(CCCNc3nc4ccccc4n3Cc3ccc(F)cc3)CC2)c1. The highest BCUT2D eigenvalue weighted by atomic mass is 19.1. The third-order valence-corrected chi connectivity index (χ3v) is 7.11. The number of likely N-dealkylation sites (tertiary alicyclic amines) is 1. The van der Waals surface area contributed by atoms with Crippen LogP contribution in [-0.2, 0) is 11.3 Å². The summed E-state index contributed by atoms with van der Waals surface area (Å²) < 4.78 is 15.5. The molecule has 0 bridgehead atoms. The molecule has 0 unspecified atom stereocenters. The Kier molecular flexibility index (Phi) is 7.80. The number of aromatic nitrogens is 2. The molecular weight excluding hydrogens is 465 g/mol. The first-order chi connectivity index (χ1) is 18.0. The third-order valence-electron chi connectivity index (χ3n) is 7.11. The first kappa shape index (κ1) is 25.0. The van der Waals surface area contributed by atoms with Gasteiger partial charge in [0.15, 0.2) is 0 Å². The summed E-state index contributed by atoms with van der Waals surface area (Å²) in [6, 6.07) is 23.1. The lowest BCUT2D eigenvalue weighted by molar-refractivity contribution is -0.114. The van der Waals surface area contributed by atoms with E-state index in [0.717, 1.165) is 73.7 Å². The Morgan fingerprint density at radius 3 is 2.59 bits per heavy atom. The van der Waals surface area contributed by atoms with E-state index in [1.807, 2.05) is 42.5 Å². The number of benzene rings is 3. The maximum Gasteiger partial charge on any atom is 0.221 e. The molecule has 1 saturated heterocycles. The molecule has 1 fully saturated rings. The highest BCUT2D eigenvalue weighted by Gasteiger charge is 2.20. The van der Waals surface area contributed by atoms with Crippen LogP contribution < -0.4 is 10.6 Å². The number of nitrogens with one attached hydrogen (secondary N) is 2. The standard InChI is InChI=1S/C30H34FN5O/c1-22(37)33-27-7-4-6-25(20-27)24-14-18-35(19-15-24)17-5-16-32-30-34-28-8-2-3-9-29(28)36(30)21-23-10-12-26(31)13-11-23/h2-4,6-13,20,24H,5,14-19,21H2,1H3,(H,32,34)(H,33,37). The van der Waals surface area contributed by atoms with E-state index < -0.39 is 0 Å². The molecule has 6 nitrogen and oxygen atoms in total. The molecule has 0 saturated carbocycles. The van der Waals surface area contributed by atoms with Crippen molar-refractivity contribution in [2.24, 2.45) is 0 Å². The zero-order valence-electron chi connectivity index (χ0n) is 21.3. The number of para-hydroxylation sites is 2. The van der Waals surface area contributed by atoms with Crippen molar-refractivity contribution in [2.75, 3.05) is 36.8 Å². The minimum atomic E-state index is -0.222. The summed E-state index contributed by atoms with van der Waals surface area (Å²) in [6.07, 6.45) is 3.29. The fourth-order valence-corrected chi connectivity index (χ4v) is 5.21. The number of amides is 1. The number of halogens is 1. The largest absolute Gasteiger partial charge is 0.356 e. The van der Waals surface area contributed by atoms with Crippen LogP contribution in [0.2, 0.25) is 0 Å². The van der Waals surface area contributed by atoms with Crippen molar-refractivity contribution >= 4 is 28.6 Å². The highest BCUT2D eigenvalue weighted by Crippen LogP contribution is 2.29. The first-order valence-corrected chi connectivity index (χ1v) is 13.1. The summed E-state index contributed by atoms with van der Waals surface area (Å²) in [4.78, 5) is 18.7. The van der Waals surface area contributed by atoms with Gasteiger partial charge in [0.25, 0.3) is 0 Å². The Balaban J connectivity index is 1.13. The monoisotopic (exact) mass is 499 g/mol. The van der Waals surface area contributed by atoms with Crippen LogP contribution in [-0.4, -0.2) is 46.5 Å². The van der Waals surface area contributed by atoms with E-state index in [1.54, 1.807) is 6.92 Å². The maximum atomic E-state index is 13.4. The van der Waals surface area contributed by atoms with E-state index in [2.05, 4.69) is 38.3 Å².